The van der Waals surface area contributed by atoms with Crippen LogP contribution in [0.3, 0.4) is 0 Å². The Bertz CT molecular complexity index is 713. The van der Waals surface area contributed by atoms with E-state index < -0.39 is 29.6 Å². The highest BCUT2D eigenvalue weighted by molar-refractivity contribution is 5.85. The lowest BCUT2D eigenvalue weighted by atomic mass is 9.47. The van der Waals surface area contributed by atoms with Crippen LogP contribution in [0.1, 0.15) is 80.1 Å². The Balaban J connectivity index is 2.26. The highest BCUT2D eigenvalue weighted by atomic mass is 16.6. The van der Waals surface area contributed by atoms with Crippen molar-refractivity contribution >= 4 is 17.7 Å². The maximum Gasteiger partial charge on any atom is 0.331 e. The molecule has 2 saturated carbocycles. The van der Waals surface area contributed by atoms with Gasteiger partial charge in [0.1, 0.15) is 11.9 Å². The smallest absolute Gasteiger partial charge is 0.331 e. The predicted molar refractivity (Wildman–Crippen MR) is 118 cm³/mol. The molecular formula is C25H40O6. The van der Waals surface area contributed by atoms with E-state index in [1.165, 1.54) is 6.08 Å². The van der Waals surface area contributed by atoms with E-state index in [9.17, 15) is 19.5 Å². The summed E-state index contributed by atoms with van der Waals surface area (Å²) in [6.45, 7) is 12.1. The molecule has 2 rings (SSSR count). The molecule has 0 saturated heterocycles. The van der Waals surface area contributed by atoms with Crippen molar-refractivity contribution in [3.05, 3.63) is 11.6 Å². The Morgan fingerprint density at radius 2 is 1.87 bits per heavy atom. The number of carbonyl (C=O) groups is 3. The molecule has 8 atom stereocenters. The van der Waals surface area contributed by atoms with Crippen LogP contribution in [0.2, 0.25) is 0 Å². The van der Waals surface area contributed by atoms with Crippen molar-refractivity contribution in [2.45, 2.75) is 92.3 Å². The first kappa shape index (κ1) is 25.6. The second kappa shape index (κ2) is 10.3. The summed E-state index contributed by atoms with van der Waals surface area (Å²) in [7, 11) is 0. The highest BCUT2D eigenvalue weighted by Gasteiger charge is 2.59. The van der Waals surface area contributed by atoms with Gasteiger partial charge in [-0.25, -0.2) is 4.79 Å². The number of aliphatic hydroxyl groups is 1. The Labute approximate surface area is 186 Å². The molecule has 0 bridgehead atoms. The Morgan fingerprint density at radius 1 is 1.23 bits per heavy atom. The second-order valence-corrected chi connectivity index (χ2v) is 10.1. The first-order valence-electron chi connectivity index (χ1n) is 11.8. The number of hydrogen-bond donors (Lipinski definition) is 2. The first-order valence-corrected chi connectivity index (χ1v) is 11.8. The van der Waals surface area contributed by atoms with Gasteiger partial charge in [-0.3, -0.25) is 9.59 Å². The van der Waals surface area contributed by atoms with Gasteiger partial charge in [0.25, 0.3) is 0 Å². The molecule has 0 amide bonds. The third-order valence-corrected chi connectivity index (χ3v) is 8.09. The molecule has 0 unspecified atom stereocenters. The molecule has 0 spiro atoms. The van der Waals surface area contributed by atoms with Gasteiger partial charge in [0.05, 0.1) is 12.5 Å². The molecule has 6 nitrogen and oxygen atoms in total. The fourth-order valence-electron chi connectivity index (χ4n) is 6.59. The number of fused-ring (bicyclic) bond motifs is 1. The number of aliphatic hydroxyl groups excluding tert-OH is 1. The van der Waals surface area contributed by atoms with Crippen LogP contribution < -0.4 is 0 Å². The number of carboxylic acids is 1. The molecule has 31 heavy (non-hydrogen) atoms. The summed E-state index contributed by atoms with van der Waals surface area (Å²) in [5.41, 5.74) is -0.0793. The zero-order chi connectivity index (χ0) is 23.5. The summed E-state index contributed by atoms with van der Waals surface area (Å²) < 4.78 is 5.58. The minimum Gasteiger partial charge on any atom is -0.481 e. The quantitative estimate of drug-likeness (QED) is 0.432. The van der Waals surface area contributed by atoms with Gasteiger partial charge in [-0.05, 0) is 55.8 Å². The van der Waals surface area contributed by atoms with Gasteiger partial charge in [-0.15, -0.1) is 0 Å². The summed E-state index contributed by atoms with van der Waals surface area (Å²) >= 11 is 0. The SMILES string of the molecule is CCC(=O)[C@]1(C)[C@@H]2[C@@H](CC[C@@H]1[C@H](C)CC)[C@H](O)[C@H](OC(=O)/C=C(\C)CC(=O)O)C[C@H]2C. The van der Waals surface area contributed by atoms with Crippen LogP contribution in [0.15, 0.2) is 11.6 Å². The van der Waals surface area contributed by atoms with Gasteiger partial charge in [-0.2, -0.15) is 0 Å². The minimum absolute atomic E-state index is 0.0574. The molecule has 0 aromatic carbocycles. The van der Waals surface area contributed by atoms with Crippen molar-refractivity contribution in [3.8, 4) is 0 Å². The maximum atomic E-state index is 13.3. The molecule has 2 N–H and O–H groups in total. The van der Waals surface area contributed by atoms with Crippen LogP contribution in [0.25, 0.3) is 0 Å². The van der Waals surface area contributed by atoms with Gasteiger partial charge in [0.15, 0.2) is 0 Å². The van der Waals surface area contributed by atoms with Crippen LogP contribution in [-0.4, -0.2) is 40.1 Å². The lowest BCUT2D eigenvalue weighted by molar-refractivity contribution is -0.186. The van der Waals surface area contributed by atoms with E-state index in [2.05, 4.69) is 27.7 Å². The molecule has 2 aliphatic rings. The number of esters is 1. The zero-order valence-corrected chi connectivity index (χ0v) is 19.9. The number of ketones is 1. The van der Waals surface area contributed by atoms with Crippen molar-refractivity contribution in [1.29, 1.82) is 0 Å². The van der Waals surface area contributed by atoms with Crippen LogP contribution in [0.4, 0.5) is 0 Å². The Morgan fingerprint density at radius 3 is 2.42 bits per heavy atom. The molecule has 2 fully saturated rings. The van der Waals surface area contributed by atoms with E-state index in [1.807, 2.05) is 6.92 Å². The lowest BCUT2D eigenvalue weighted by Gasteiger charge is -2.58. The van der Waals surface area contributed by atoms with Crippen LogP contribution in [-0.2, 0) is 19.1 Å². The monoisotopic (exact) mass is 436 g/mol. The number of rotatable bonds is 8. The maximum absolute atomic E-state index is 13.3. The van der Waals surface area contributed by atoms with Gasteiger partial charge >= 0.3 is 11.9 Å². The lowest BCUT2D eigenvalue weighted by Crippen LogP contribution is -2.60. The molecule has 0 aromatic heterocycles. The first-order chi connectivity index (χ1) is 14.5. The number of hydrogen-bond acceptors (Lipinski definition) is 5. The topological polar surface area (TPSA) is 101 Å². The molecule has 0 aliphatic heterocycles. The highest BCUT2D eigenvalue weighted by Crippen LogP contribution is 2.58. The summed E-state index contributed by atoms with van der Waals surface area (Å²) in [5.74, 6) is -0.529. The van der Waals surface area contributed by atoms with Crippen molar-refractivity contribution in [1.82, 2.24) is 0 Å². The zero-order valence-electron chi connectivity index (χ0n) is 19.9. The average molecular weight is 437 g/mol. The van der Waals surface area contributed by atoms with Crippen LogP contribution in [0, 0.1) is 35.0 Å². The van der Waals surface area contributed by atoms with Crippen molar-refractivity contribution < 1.29 is 29.3 Å². The number of aliphatic carboxylic acids is 1. The number of Topliss-reactive ketones (excluding diaryl/α,β-unsaturated/α-hetero) is 1. The Hall–Kier alpha value is -1.69. The van der Waals surface area contributed by atoms with E-state index in [0.29, 0.717) is 30.3 Å². The van der Waals surface area contributed by atoms with Crippen molar-refractivity contribution in [2.24, 2.45) is 35.0 Å². The number of carboxylic acid groups (broad SMARTS) is 1. The summed E-state index contributed by atoms with van der Waals surface area (Å²) in [4.78, 5) is 36.4. The fourth-order valence-corrected chi connectivity index (χ4v) is 6.59. The molecule has 0 radical (unpaired) electrons. The van der Waals surface area contributed by atoms with Crippen LogP contribution in [0.5, 0.6) is 0 Å². The molecular weight excluding hydrogens is 396 g/mol. The predicted octanol–water partition coefficient (Wildman–Crippen LogP) is 4.39. The summed E-state index contributed by atoms with van der Waals surface area (Å²) in [6, 6.07) is 0. The third-order valence-electron chi connectivity index (χ3n) is 8.09. The minimum atomic E-state index is -1.01. The molecule has 6 heteroatoms. The van der Waals surface area contributed by atoms with E-state index >= 15 is 0 Å². The van der Waals surface area contributed by atoms with Gasteiger partial charge in [0.2, 0.25) is 0 Å². The van der Waals surface area contributed by atoms with Gasteiger partial charge < -0.3 is 14.9 Å². The average Bonchev–Trinajstić information content (AvgIpc) is 2.69. The molecule has 2 aliphatic carbocycles. The van der Waals surface area contributed by atoms with E-state index in [4.69, 9.17) is 9.84 Å². The number of ether oxygens (including phenoxy) is 1. The largest absolute Gasteiger partial charge is 0.481 e. The van der Waals surface area contributed by atoms with E-state index in [0.717, 1.165) is 19.3 Å². The molecule has 0 heterocycles. The third kappa shape index (κ3) is 5.21. The van der Waals surface area contributed by atoms with Crippen molar-refractivity contribution in [2.75, 3.05) is 0 Å². The normalized spacial score (nSPS) is 36.9. The molecule has 0 aromatic rings. The number of carbonyl (C=O) groups excluding carboxylic acids is 2. The second-order valence-electron chi connectivity index (χ2n) is 10.1. The van der Waals surface area contributed by atoms with Crippen LogP contribution >= 0.6 is 0 Å². The molecule has 176 valence electrons. The summed E-state index contributed by atoms with van der Waals surface area (Å²) in [6.07, 6.45) is 3.23. The Kier molecular flexibility index (Phi) is 8.48. The van der Waals surface area contributed by atoms with Crippen molar-refractivity contribution in [3.63, 3.8) is 0 Å². The summed E-state index contributed by atoms with van der Waals surface area (Å²) in [5, 5.41) is 20.0. The van der Waals surface area contributed by atoms with Gasteiger partial charge in [0, 0.05) is 17.9 Å². The van der Waals surface area contributed by atoms with E-state index in [-0.39, 0.29) is 30.0 Å². The van der Waals surface area contributed by atoms with Gasteiger partial charge in [-0.1, -0.05) is 46.6 Å². The standard InChI is InChI=1S/C25H40O6/c1-7-15(4)18-10-9-17-23(25(18,6)20(26)8-2)16(5)13-19(24(17)30)31-22(29)12-14(3)11-21(27)28/h12,15-19,23-24,30H,7-11,13H2,1-6H3,(H,27,28)/b14-12+/t15-,16-,17-,18-,19-,23+,24+,25-/m1/s1. The van der Waals surface area contributed by atoms with E-state index in [1.54, 1.807) is 6.92 Å². The fraction of sp³-hybridized carbons (Fsp3) is 0.800.